The van der Waals surface area contributed by atoms with Crippen LogP contribution in [-0.2, 0) is 11.3 Å². The SMILES string of the molecule is O=C1NCC(Cn2nc(-c3c(-c4ccccc4)nn4ccccc34)ccc2=O)O1. The van der Waals surface area contributed by atoms with Crippen LogP contribution < -0.4 is 10.9 Å². The lowest BCUT2D eigenvalue weighted by Gasteiger charge is -2.11. The number of cyclic esters (lactones) is 1. The molecule has 0 saturated carbocycles. The highest BCUT2D eigenvalue weighted by molar-refractivity contribution is 5.90. The maximum atomic E-state index is 12.3. The van der Waals surface area contributed by atoms with Crippen molar-refractivity contribution in [3.05, 3.63) is 77.2 Å². The van der Waals surface area contributed by atoms with Crippen LogP contribution in [0.2, 0.25) is 0 Å². The van der Waals surface area contributed by atoms with E-state index in [0.717, 1.165) is 22.3 Å². The zero-order chi connectivity index (χ0) is 19.8. The van der Waals surface area contributed by atoms with Crippen molar-refractivity contribution in [1.29, 1.82) is 0 Å². The molecule has 1 aliphatic rings. The standard InChI is InChI=1S/C21H17N5O3/c27-18-10-9-16(23-26(18)13-15-12-22-21(28)29-15)19-17-8-4-5-11-25(17)24-20(19)14-6-2-1-3-7-14/h1-11,15H,12-13H2,(H,22,28). The van der Waals surface area contributed by atoms with Gasteiger partial charge in [-0.25, -0.2) is 14.0 Å². The Labute approximate surface area is 165 Å². The minimum absolute atomic E-state index is 0.186. The van der Waals surface area contributed by atoms with E-state index in [1.54, 1.807) is 10.6 Å². The lowest BCUT2D eigenvalue weighted by atomic mass is 10.0. The zero-order valence-electron chi connectivity index (χ0n) is 15.4. The summed E-state index contributed by atoms with van der Waals surface area (Å²) < 4.78 is 8.29. The molecule has 3 aromatic heterocycles. The molecule has 1 amide bonds. The number of fused-ring (bicyclic) bond motifs is 1. The van der Waals surface area contributed by atoms with Crippen molar-refractivity contribution in [3.8, 4) is 22.5 Å². The molecule has 4 aromatic rings. The Kier molecular flexibility index (Phi) is 4.09. The first-order valence-electron chi connectivity index (χ1n) is 9.25. The summed E-state index contributed by atoms with van der Waals surface area (Å²) in [6.45, 7) is 0.536. The number of carbonyl (C=O) groups is 1. The number of hydrogen-bond donors (Lipinski definition) is 1. The quantitative estimate of drug-likeness (QED) is 0.580. The molecule has 0 aliphatic carbocycles. The number of rotatable bonds is 4. The Bertz CT molecular complexity index is 1260. The zero-order valence-corrected chi connectivity index (χ0v) is 15.4. The second-order valence-electron chi connectivity index (χ2n) is 6.77. The number of pyridine rings is 1. The van der Waals surface area contributed by atoms with Crippen molar-refractivity contribution in [3.63, 3.8) is 0 Å². The summed E-state index contributed by atoms with van der Waals surface area (Å²) in [4.78, 5) is 23.6. The van der Waals surface area contributed by atoms with Crippen LogP contribution in [0.15, 0.2) is 71.7 Å². The highest BCUT2D eigenvalue weighted by atomic mass is 16.6. The number of nitrogens with one attached hydrogen (secondary N) is 1. The van der Waals surface area contributed by atoms with Crippen molar-refractivity contribution in [1.82, 2.24) is 24.7 Å². The van der Waals surface area contributed by atoms with Gasteiger partial charge < -0.3 is 10.1 Å². The van der Waals surface area contributed by atoms with Gasteiger partial charge in [-0.05, 0) is 18.2 Å². The summed E-state index contributed by atoms with van der Waals surface area (Å²) in [5, 5.41) is 11.9. The fourth-order valence-corrected chi connectivity index (χ4v) is 3.49. The fourth-order valence-electron chi connectivity index (χ4n) is 3.49. The molecule has 4 heterocycles. The van der Waals surface area contributed by atoms with Gasteiger partial charge >= 0.3 is 6.09 Å². The Morgan fingerprint density at radius 1 is 1.00 bits per heavy atom. The molecule has 5 rings (SSSR count). The maximum absolute atomic E-state index is 12.3. The first-order chi connectivity index (χ1) is 14.2. The average molecular weight is 387 g/mol. The molecule has 1 aromatic carbocycles. The lowest BCUT2D eigenvalue weighted by Crippen LogP contribution is -2.30. The second-order valence-corrected chi connectivity index (χ2v) is 6.77. The minimum atomic E-state index is -0.479. The largest absolute Gasteiger partial charge is 0.442 e. The molecule has 8 heteroatoms. The Morgan fingerprint density at radius 2 is 1.83 bits per heavy atom. The van der Waals surface area contributed by atoms with Gasteiger partial charge in [-0.1, -0.05) is 36.4 Å². The highest BCUT2D eigenvalue weighted by Gasteiger charge is 2.24. The molecule has 1 N–H and O–H groups in total. The van der Waals surface area contributed by atoms with Gasteiger partial charge in [-0.3, -0.25) is 4.79 Å². The van der Waals surface area contributed by atoms with Crippen molar-refractivity contribution < 1.29 is 9.53 Å². The third-order valence-electron chi connectivity index (χ3n) is 4.83. The molecular formula is C21H17N5O3. The molecule has 1 atom stereocenters. The van der Waals surface area contributed by atoms with E-state index in [4.69, 9.17) is 9.84 Å². The summed E-state index contributed by atoms with van der Waals surface area (Å²) in [5.41, 5.74) is 3.84. The minimum Gasteiger partial charge on any atom is -0.442 e. The van der Waals surface area contributed by atoms with Gasteiger partial charge in [0.1, 0.15) is 11.8 Å². The molecule has 29 heavy (non-hydrogen) atoms. The Morgan fingerprint density at radius 3 is 2.62 bits per heavy atom. The fraction of sp³-hybridized carbons (Fsp3) is 0.143. The third kappa shape index (κ3) is 3.14. The van der Waals surface area contributed by atoms with E-state index in [1.807, 2.05) is 54.7 Å². The van der Waals surface area contributed by atoms with Crippen molar-refractivity contribution >= 4 is 11.6 Å². The topological polar surface area (TPSA) is 90.5 Å². The monoisotopic (exact) mass is 387 g/mol. The molecule has 1 aliphatic heterocycles. The van der Waals surface area contributed by atoms with Crippen molar-refractivity contribution in [2.24, 2.45) is 0 Å². The number of ether oxygens (including phenoxy) is 1. The van der Waals surface area contributed by atoms with Gasteiger partial charge in [0.2, 0.25) is 0 Å². The number of benzene rings is 1. The maximum Gasteiger partial charge on any atom is 0.407 e. The summed E-state index contributed by atoms with van der Waals surface area (Å²) in [5.74, 6) is 0. The van der Waals surface area contributed by atoms with Crippen LogP contribution in [0.3, 0.4) is 0 Å². The molecule has 1 unspecified atom stereocenters. The summed E-state index contributed by atoms with van der Waals surface area (Å²) >= 11 is 0. The smallest absolute Gasteiger partial charge is 0.407 e. The predicted molar refractivity (Wildman–Crippen MR) is 106 cm³/mol. The van der Waals surface area contributed by atoms with Gasteiger partial charge in [-0.2, -0.15) is 10.2 Å². The third-order valence-corrected chi connectivity index (χ3v) is 4.83. The molecule has 144 valence electrons. The molecule has 0 bridgehead atoms. The average Bonchev–Trinajstić information content (AvgIpc) is 3.34. The van der Waals surface area contributed by atoms with Crippen LogP contribution in [0.4, 0.5) is 4.79 Å². The number of alkyl carbamates (subject to hydrolysis) is 1. The lowest BCUT2D eigenvalue weighted by molar-refractivity contribution is 0.128. The number of aromatic nitrogens is 4. The molecule has 0 radical (unpaired) electrons. The van der Waals surface area contributed by atoms with Crippen LogP contribution in [0.5, 0.6) is 0 Å². The van der Waals surface area contributed by atoms with E-state index in [2.05, 4.69) is 10.4 Å². The molecule has 1 fully saturated rings. The van der Waals surface area contributed by atoms with Crippen LogP contribution in [0.25, 0.3) is 28.0 Å². The number of amides is 1. The van der Waals surface area contributed by atoms with Crippen LogP contribution in [0, 0.1) is 0 Å². The second kappa shape index (κ2) is 6.90. The molecule has 8 nitrogen and oxygen atoms in total. The first-order valence-corrected chi connectivity index (χ1v) is 9.25. The number of carbonyl (C=O) groups excluding carboxylic acids is 1. The summed E-state index contributed by atoms with van der Waals surface area (Å²) in [6, 6.07) is 18.8. The summed E-state index contributed by atoms with van der Waals surface area (Å²) in [7, 11) is 0. The first kappa shape index (κ1) is 17.2. The van der Waals surface area contributed by atoms with Gasteiger partial charge in [0.05, 0.1) is 29.9 Å². The van der Waals surface area contributed by atoms with Crippen LogP contribution in [-0.4, -0.2) is 38.1 Å². The van der Waals surface area contributed by atoms with Gasteiger partial charge in [0.25, 0.3) is 5.56 Å². The molecule has 1 saturated heterocycles. The molecule has 0 spiro atoms. The molecular weight excluding hydrogens is 370 g/mol. The Hall–Kier alpha value is -3.94. The number of hydrogen-bond acceptors (Lipinski definition) is 5. The Balaban J connectivity index is 1.65. The van der Waals surface area contributed by atoms with E-state index < -0.39 is 12.2 Å². The highest BCUT2D eigenvalue weighted by Crippen LogP contribution is 2.33. The van der Waals surface area contributed by atoms with E-state index in [1.165, 1.54) is 10.7 Å². The van der Waals surface area contributed by atoms with Crippen LogP contribution in [0.1, 0.15) is 0 Å². The number of nitrogens with zero attached hydrogens (tertiary/aromatic N) is 4. The summed E-state index contributed by atoms with van der Waals surface area (Å²) in [6.07, 6.45) is 0.971. The van der Waals surface area contributed by atoms with Gasteiger partial charge in [-0.15, -0.1) is 0 Å². The van der Waals surface area contributed by atoms with Crippen LogP contribution >= 0.6 is 0 Å². The van der Waals surface area contributed by atoms with Gasteiger partial charge in [0, 0.05) is 17.8 Å². The van der Waals surface area contributed by atoms with Crippen molar-refractivity contribution in [2.45, 2.75) is 12.6 Å². The van der Waals surface area contributed by atoms with Crippen molar-refractivity contribution in [2.75, 3.05) is 6.54 Å². The predicted octanol–water partition coefficient (Wildman–Crippen LogP) is 2.33. The van der Waals surface area contributed by atoms with Gasteiger partial charge in [0.15, 0.2) is 0 Å². The van der Waals surface area contributed by atoms with E-state index in [-0.39, 0.29) is 12.1 Å². The normalized spacial score (nSPS) is 16.0. The van der Waals surface area contributed by atoms with E-state index >= 15 is 0 Å². The van der Waals surface area contributed by atoms with E-state index in [9.17, 15) is 9.59 Å². The van der Waals surface area contributed by atoms with E-state index in [0.29, 0.717) is 12.2 Å².